The van der Waals surface area contributed by atoms with Gasteiger partial charge in [0.25, 0.3) is 0 Å². The molecule has 0 spiro atoms. The van der Waals surface area contributed by atoms with Gasteiger partial charge in [0.15, 0.2) is 0 Å². The summed E-state index contributed by atoms with van der Waals surface area (Å²) >= 11 is 0. The van der Waals surface area contributed by atoms with Crippen LogP contribution < -0.4 is 4.74 Å². The topological polar surface area (TPSA) is 9.23 Å². The second kappa shape index (κ2) is 9.87. The summed E-state index contributed by atoms with van der Waals surface area (Å²) in [5.74, 6) is 1.80. The van der Waals surface area contributed by atoms with Crippen LogP contribution in [-0.4, -0.2) is 6.61 Å². The van der Waals surface area contributed by atoms with Crippen molar-refractivity contribution in [3.05, 3.63) is 36.2 Å². The van der Waals surface area contributed by atoms with Crippen molar-refractivity contribution < 1.29 is 4.74 Å². The first-order valence-corrected chi connectivity index (χ1v) is 8.94. The molecule has 1 aromatic rings. The molecule has 117 valence electrons. The van der Waals surface area contributed by atoms with E-state index in [2.05, 4.69) is 37.6 Å². The maximum atomic E-state index is 5.85. The molecular formula is C20H31O. The number of unbranched alkanes of at least 4 members (excludes halogenated alkanes) is 5. The molecule has 1 aliphatic carbocycles. The van der Waals surface area contributed by atoms with Crippen LogP contribution in [0.4, 0.5) is 0 Å². The first-order valence-electron chi connectivity index (χ1n) is 8.94. The summed E-state index contributed by atoms with van der Waals surface area (Å²) in [7, 11) is 0. The number of hydrogen-bond acceptors (Lipinski definition) is 1. The summed E-state index contributed by atoms with van der Waals surface area (Å²) in [5, 5.41) is 0. The molecule has 0 N–H and O–H groups in total. The summed E-state index contributed by atoms with van der Waals surface area (Å²) in [5.41, 5.74) is 1.50. The zero-order valence-corrected chi connectivity index (χ0v) is 13.7. The highest BCUT2D eigenvalue weighted by atomic mass is 16.5. The van der Waals surface area contributed by atoms with E-state index in [-0.39, 0.29) is 0 Å². The molecule has 1 saturated carbocycles. The van der Waals surface area contributed by atoms with Crippen LogP contribution in [-0.2, 0) is 0 Å². The Morgan fingerprint density at radius 1 is 0.905 bits per heavy atom. The van der Waals surface area contributed by atoms with Crippen molar-refractivity contribution in [2.75, 3.05) is 6.61 Å². The molecule has 0 bridgehead atoms. The molecule has 1 heteroatoms. The van der Waals surface area contributed by atoms with Crippen LogP contribution in [0, 0.1) is 6.42 Å². The van der Waals surface area contributed by atoms with Crippen molar-refractivity contribution in [1.82, 2.24) is 0 Å². The molecule has 21 heavy (non-hydrogen) atoms. The summed E-state index contributed by atoms with van der Waals surface area (Å²) < 4.78 is 5.85. The van der Waals surface area contributed by atoms with E-state index in [0.717, 1.165) is 18.3 Å². The molecule has 0 saturated heterocycles. The monoisotopic (exact) mass is 287 g/mol. The third-order valence-electron chi connectivity index (χ3n) is 4.56. The third kappa shape index (κ3) is 6.11. The number of ether oxygens (including phenoxy) is 1. The van der Waals surface area contributed by atoms with Crippen LogP contribution in [0.25, 0.3) is 0 Å². The minimum atomic E-state index is 0.766. The molecule has 1 aromatic carbocycles. The molecule has 0 unspecified atom stereocenters. The minimum absolute atomic E-state index is 0.766. The number of benzene rings is 1. The van der Waals surface area contributed by atoms with Crippen molar-refractivity contribution in [3.63, 3.8) is 0 Å². The van der Waals surface area contributed by atoms with Crippen LogP contribution in [0.2, 0.25) is 0 Å². The van der Waals surface area contributed by atoms with Crippen LogP contribution in [0.3, 0.4) is 0 Å². The molecule has 0 aromatic heterocycles. The Kier molecular flexibility index (Phi) is 7.70. The van der Waals surface area contributed by atoms with E-state index >= 15 is 0 Å². The van der Waals surface area contributed by atoms with Crippen LogP contribution in [0.1, 0.15) is 82.6 Å². The smallest absolute Gasteiger partial charge is 0.119 e. The highest BCUT2D eigenvalue weighted by Gasteiger charge is 2.15. The van der Waals surface area contributed by atoms with Crippen molar-refractivity contribution in [2.24, 2.45) is 0 Å². The zero-order valence-electron chi connectivity index (χ0n) is 13.7. The molecule has 2 rings (SSSR count). The molecule has 1 radical (unpaired) electrons. The van der Waals surface area contributed by atoms with E-state index < -0.39 is 0 Å². The summed E-state index contributed by atoms with van der Waals surface area (Å²) in [4.78, 5) is 0. The van der Waals surface area contributed by atoms with Crippen LogP contribution in [0.15, 0.2) is 24.3 Å². The second-order valence-electron chi connectivity index (χ2n) is 6.33. The lowest BCUT2D eigenvalue weighted by Crippen LogP contribution is -2.05. The van der Waals surface area contributed by atoms with Gasteiger partial charge in [0.1, 0.15) is 5.75 Å². The van der Waals surface area contributed by atoms with E-state index in [1.54, 1.807) is 0 Å². The first-order chi connectivity index (χ1) is 10.4. The van der Waals surface area contributed by atoms with Gasteiger partial charge in [0.2, 0.25) is 0 Å². The average Bonchev–Trinajstić information content (AvgIpc) is 2.55. The Balaban J connectivity index is 1.63. The molecule has 0 atom stereocenters. The second-order valence-corrected chi connectivity index (χ2v) is 6.33. The molecule has 0 aliphatic heterocycles. The fourth-order valence-electron chi connectivity index (χ4n) is 3.17. The fourth-order valence-corrected chi connectivity index (χ4v) is 3.17. The van der Waals surface area contributed by atoms with Crippen LogP contribution in [0.5, 0.6) is 5.75 Å². The van der Waals surface area contributed by atoms with Gasteiger partial charge < -0.3 is 4.74 Å². The van der Waals surface area contributed by atoms with E-state index in [1.807, 2.05) is 0 Å². The largest absolute Gasteiger partial charge is 0.494 e. The van der Waals surface area contributed by atoms with Crippen molar-refractivity contribution in [2.45, 2.75) is 77.0 Å². The van der Waals surface area contributed by atoms with Crippen LogP contribution >= 0.6 is 0 Å². The van der Waals surface area contributed by atoms with Gasteiger partial charge in [0.05, 0.1) is 6.61 Å². The highest BCUT2D eigenvalue weighted by Crippen LogP contribution is 2.32. The standard InChI is InChI=1S/C20H31O/c1-2-3-4-5-6-10-17-21-20-15-13-19(14-16-20)18-11-8-7-9-12-18/h7,13-16,18H,2-6,8-12,17H2,1H3. The van der Waals surface area contributed by atoms with Gasteiger partial charge in [-0.05, 0) is 62.1 Å². The maximum absolute atomic E-state index is 5.85. The van der Waals surface area contributed by atoms with Crippen molar-refractivity contribution in [1.29, 1.82) is 0 Å². The Labute approximate surface area is 131 Å². The summed E-state index contributed by atoms with van der Waals surface area (Å²) in [6, 6.07) is 8.86. The van der Waals surface area contributed by atoms with Gasteiger partial charge >= 0.3 is 0 Å². The van der Waals surface area contributed by atoms with E-state index in [0.29, 0.717) is 0 Å². The van der Waals surface area contributed by atoms with E-state index in [9.17, 15) is 0 Å². The maximum Gasteiger partial charge on any atom is 0.119 e. The normalized spacial score (nSPS) is 16.0. The molecule has 1 nitrogen and oxygen atoms in total. The van der Waals surface area contributed by atoms with Gasteiger partial charge in [0, 0.05) is 0 Å². The van der Waals surface area contributed by atoms with E-state index in [4.69, 9.17) is 4.74 Å². The van der Waals surface area contributed by atoms with Gasteiger partial charge in [-0.25, -0.2) is 0 Å². The van der Waals surface area contributed by atoms with Crippen molar-refractivity contribution in [3.8, 4) is 5.75 Å². The SMILES string of the molecule is CCCCCCCCOc1ccc(C2CC[CH]CC2)cc1. The predicted molar refractivity (Wildman–Crippen MR) is 90.8 cm³/mol. The number of rotatable bonds is 9. The fraction of sp³-hybridized carbons (Fsp3) is 0.650. The lowest BCUT2D eigenvalue weighted by molar-refractivity contribution is 0.304. The molecule has 1 aliphatic rings. The van der Waals surface area contributed by atoms with Gasteiger partial charge in [-0.15, -0.1) is 0 Å². The Bertz CT molecular complexity index is 362. The summed E-state index contributed by atoms with van der Waals surface area (Å²) in [6.45, 7) is 3.13. The molecule has 0 heterocycles. The predicted octanol–water partition coefficient (Wildman–Crippen LogP) is 6.29. The van der Waals surface area contributed by atoms with Gasteiger partial charge in [-0.2, -0.15) is 0 Å². The Morgan fingerprint density at radius 3 is 2.29 bits per heavy atom. The quantitative estimate of drug-likeness (QED) is 0.485. The van der Waals surface area contributed by atoms with Gasteiger partial charge in [-0.3, -0.25) is 0 Å². The molecular weight excluding hydrogens is 256 g/mol. The first kappa shape index (κ1) is 16.4. The third-order valence-corrected chi connectivity index (χ3v) is 4.56. The van der Waals surface area contributed by atoms with Gasteiger partial charge in [-0.1, -0.05) is 51.2 Å². The lowest BCUT2D eigenvalue weighted by atomic mass is 9.84. The summed E-state index contributed by atoms with van der Waals surface area (Å²) in [6.07, 6.45) is 15.5. The van der Waals surface area contributed by atoms with Crippen molar-refractivity contribution >= 4 is 0 Å². The lowest BCUT2D eigenvalue weighted by Gasteiger charge is -2.21. The highest BCUT2D eigenvalue weighted by molar-refractivity contribution is 5.29. The zero-order chi connectivity index (χ0) is 14.8. The minimum Gasteiger partial charge on any atom is -0.494 e. The Morgan fingerprint density at radius 2 is 1.57 bits per heavy atom. The average molecular weight is 287 g/mol. The van der Waals surface area contributed by atoms with E-state index in [1.165, 1.54) is 69.8 Å². The number of hydrogen-bond donors (Lipinski definition) is 0. The molecule has 1 fully saturated rings. The molecule has 0 amide bonds. The Hall–Kier alpha value is -0.980.